The first-order valence-electron chi connectivity index (χ1n) is 8.40. The zero-order valence-corrected chi connectivity index (χ0v) is 14.2. The smallest absolute Gasteiger partial charge is 0.410 e. The first-order valence-corrected chi connectivity index (χ1v) is 8.40. The molecule has 1 aliphatic rings. The normalized spacial score (nSPS) is 15.0. The van der Waals surface area contributed by atoms with Crippen LogP contribution in [0, 0.1) is 6.92 Å². The van der Waals surface area contributed by atoms with Crippen molar-refractivity contribution in [3.8, 4) is 0 Å². The van der Waals surface area contributed by atoms with Gasteiger partial charge in [-0.2, -0.15) is 0 Å². The molecule has 0 saturated carbocycles. The Labute approximate surface area is 146 Å². The van der Waals surface area contributed by atoms with Gasteiger partial charge in [0.05, 0.1) is 0 Å². The number of ether oxygens (including phenoxy) is 1. The maximum atomic E-state index is 12.1. The Morgan fingerprint density at radius 1 is 1.28 bits per heavy atom. The van der Waals surface area contributed by atoms with Gasteiger partial charge in [-0.15, -0.1) is 0 Å². The van der Waals surface area contributed by atoms with Crippen LogP contribution in [0.15, 0.2) is 36.5 Å². The van der Waals surface area contributed by atoms with E-state index in [1.165, 1.54) is 0 Å². The third kappa shape index (κ3) is 4.59. The molecule has 1 aromatic heterocycles. The number of aryl methyl sites for hydroxylation is 1. The van der Waals surface area contributed by atoms with E-state index < -0.39 is 0 Å². The second-order valence-corrected chi connectivity index (χ2v) is 6.15. The number of H-pyrrole nitrogens is 1. The number of rotatable bonds is 4. The fourth-order valence-electron chi connectivity index (χ4n) is 2.81. The van der Waals surface area contributed by atoms with Gasteiger partial charge in [0.25, 0.3) is 5.91 Å². The molecule has 0 spiro atoms. The molecule has 0 unspecified atom stereocenters. The van der Waals surface area contributed by atoms with Gasteiger partial charge in [-0.05, 0) is 25.3 Å². The highest BCUT2D eigenvalue weighted by Crippen LogP contribution is 2.13. The topological polar surface area (TPSA) is 87.3 Å². The largest absolute Gasteiger partial charge is 0.445 e. The quantitative estimate of drug-likeness (QED) is 0.892. The standard InChI is InChI=1S/C18H22N4O3/c1-13-19-11-16(20-13)17(23)21-15-7-9-22(10-8-15)18(24)25-12-14-5-3-2-4-6-14/h2-6,11,15H,7-10,12H2,1H3,(H,19,20)(H,21,23). The van der Waals surface area contributed by atoms with E-state index in [0.717, 1.165) is 5.56 Å². The van der Waals surface area contributed by atoms with Gasteiger partial charge in [0, 0.05) is 25.3 Å². The molecule has 0 atom stereocenters. The fraction of sp³-hybridized carbons (Fsp3) is 0.389. The second-order valence-electron chi connectivity index (χ2n) is 6.15. The molecule has 25 heavy (non-hydrogen) atoms. The Morgan fingerprint density at radius 2 is 2.00 bits per heavy atom. The van der Waals surface area contributed by atoms with Crippen LogP contribution in [0.1, 0.15) is 34.7 Å². The number of piperidine rings is 1. The molecule has 0 radical (unpaired) electrons. The highest BCUT2D eigenvalue weighted by atomic mass is 16.6. The number of aromatic amines is 1. The summed E-state index contributed by atoms with van der Waals surface area (Å²) in [7, 11) is 0. The van der Waals surface area contributed by atoms with Crippen molar-refractivity contribution in [2.24, 2.45) is 0 Å². The Kier molecular flexibility index (Phi) is 5.33. The second kappa shape index (κ2) is 7.83. The highest BCUT2D eigenvalue weighted by molar-refractivity contribution is 5.92. The Balaban J connectivity index is 1.42. The van der Waals surface area contributed by atoms with Crippen molar-refractivity contribution in [3.05, 3.63) is 53.6 Å². The molecule has 1 saturated heterocycles. The summed E-state index contributed by atoms with van der Waals surface area (Å²) < 4.78 is 5.34. The summed E-state index contributed by atoms with van der Waals surface area (Å²) in [6.45, 7) is 3.21. The predicted molar refractivity (Wildman–Crippen MR) is 92.0 cm³/mol. The number of aromatic nitrogens is 2. The molecule has 1 aromatic carbocycles. The molecular formula is C18H22N4O3. The van der Waals surface area contributed by atoms with E-state index in [1.807, 2.05) is 30.3 Å². The molecule has 2 heterocycles. The van der Waals surface area contributed by atoms with Crippen molar-refractivity contribution in [1.82, 2.24) is 20.2 Å². The number of amides is 2. The van der Waals surface area contributed by atoms with Crippen LogP contribution in [0.5, 0.6) is 0 Å². The van der Waals surface area contributed by atoms with Crippen molar-refractivity contribution in [2.45, 2.75) is 32.4 Å². The van der Waals surface area contributed by atoms with Crippen LogP contribution in [-0.4, -0.2) is 46.0 Å². The lowest BCUT2D eigenvalue weighted by Crippen LogP contribution is -2.46. The summed E-state index contributed by atoms with van der Waals surface area (Å²) in [6.07, 6.45) is 2.70. The summed E-state index contributed by atoms with van der Waals surface area (Å²) in [4.78, 5) is 32.9. The van der Waals surface area contributed by atoms with E-state index in [4.69, 9.17) is 4.74 Å². The van der Waals surface area contributed by atoms with E-state index in [-0.39, 0.29) is 24.6 Å². The summed E-state index contributed by atoms with van der Waals surface area (Å²) in [5.41, 5.74) is 1.36. The van der Waals surface area contributed by atoms with Crippen LogP contribution in [0.2, 0.25) is 0 Å². The van der Waals surface area contributed by atoms with Crippen molar-refractivity contribution in [1.29, 1.82) is 0 Å². The minimum absolute atomic E-state index is 0.0441. The molecular weight excluding hydrogens is 320 g/mol. The van der Waals surface area contributed by atoms with E-state index in [1.54, 1.807) is 18.0 Å². The lowest BCUT2D eigenvalue weighted by Gasteiger charge is -2.31. The number of carbonyl (C=O) groups is 2. The Morgan fingerprint density at radius 3 is 2.64 bits per heavy atom. The van der Waals surface area contributed by atoms with Gasteiger partial charge in [-0.1, -0.05) is 30.3 Å². The first kappa shape index (κ1) is 17.0. The molecule has 7 heteroatoms. The van der Waals surface area contributed by atoms with Crippen LogP contribution < -0.4 is 5.32 Å². The van der Waals surface area contributed by atoms with Crippen molar-refractivity contribution in [2.75, 3.05) is 13.1 Å². The predicted octanol–water partition coefficient (Wildman–Crippen LogP) is 2.25. The van der Waals surface area contributed by atoms with Crippen molar-refractivity contribution < 1.29 is 14.3 Å². The highest BCUT2D eigenvalue weighted by Gasteiger charge is 2.25. The SMILES string of the molecule is Cc1nc(C(=O)NC2CCN(C(=O)OCc3ccccc3)CC2)c[nH]1. The summed E-state index contributed by atoms with van der Waals surface area (Å²) in [5.74, 6) is 0.524. The summed E-state index contributed by atoms with van der Waals surface area (Å²) in [5, 5.41) is 2.97. The summed E-state index contributed by atoms with van der Waals surface area (Å²) >= 11 is 0. The van der Waals surface area contributed by atoms with Gasteiger partial charge in [-0.25, -0.2) is 9.78 Å². The van der Waals surface area contributed by atoms with Gasteiger partial charge in [0.15, 0.2) is 0 Å². The third-order valence-electron chi connectivity index (χ3n) is 4.23. The molecule has 3 rings (SSSR count). The van der Waals surface area contributed by atoms with Crippen molar-refractivity contribution >= 4 is 12.0 Å². The van der Waals surface area contributed by atoms with Gasteiger partial charge < -0.3 is 19.9 Å². The lowest BCUT2D eigenvalue weighted by atomic mass is 10.1. The number of imidazole rings is 1. The van der Waals surface area contributed by atoms with Crippen LogP contribution in [0.4, 0.5) is 4.79 Å². The van der Waals surface area contributed by atoms with Crippen LogP contribution in [0.3, 0.4) is 0 Å². The molecule has 0 bridgehead atoms. The van der Waals surface area contributed by atoms with Crippen LogP contribution in [-0.2, 0) is 11.3 Å². The van der Waals surface area contributed by atoms with Gasteiger partial charge >= 0.3 is 6.09 Å². The Hall–Kier alpha value is -2.83. The maximum Gasteiger partial charge on any atom is 0.410 e. The van der Waals surface area contributed by atoms with Crippen LogP contribution in [0.25, 0.3) is 0 Å². The number of nitrogens with one attached hydrogen (secondary N) is 2. The van der Waals surface area contributed by atoms with Gasteiger partial charge in [0.1, 0.15) is 18.1 Å². The number of nitrogens with zero attached hydrogens (tertiary/aromatic N) is 2. The number of benzene rings is 1. The molecule has 2 aromatic rings. The van der Waals surface area contributed by atoms with Gasteiger partial charge in [0.2, 0.25) is 0 Å². The number of hydrogen-bond acceptors (Lipinski definition) is 4. The van der Waals surface area contributed by atoms with E-state index in [9.17, 15) is 9.59 Å². The molecule has 1 fully saturated rings. The number of carbonyl (C=O) groups excluding carboxylic acids is 2. The minimum atomic E-state index is -0.309. The average molecular weight is 342 g/mol. The lowest BCUT2D eigenvalue weighted by molar-refractivity contribution is 0.0807. The summed E-state index contributed by atoms with van der Waals surface area (Å²) in [6, 6.07) is 9.64. The molecule has 0 aliphatic carbocycles. The van der Waals surface area contributed by atoms with E-state index >= 15 is 0 Å². The fourth-order valence-corrected chi connectivity index (χ4v) is 2.81. The molecule has 132 valence electrons. The molecule has 7 nitrogen and oxygen atoms in total. The monoisotopic (exact) mass is 342 g/mol. The zero-order chi connectivity index (χ0) is 17.6. The minimum Gasteiger partial charge on any atom is -0.445 e. The molecule has 1 aliphatic heterocycles. The third-order valence-corrected chi connectivity index (χ3v) is 4.23. The molecule has 2 amide bonds. The molecule has 2 N–H and O–H groups in total. The van der Waals surface area contributed by atoms with E-state index in [0.29, 0.717) is 37.4 Å². The van der Waals surface area contributed by atoms with E-state index in [2.05, 4.69) is 15.3 Å². The maximum absolute atomic E-state index is 12.1. The first-order chi connectivity index (χ1) is 12.1. The van der Waals surface area contributed by atoms with Crippen molar-refractivity contribution in [3.63, 3.8) is 0 Å². The number of likely N-dealkylation sites (tertiary alicyclic amines) is 1. The Bertz CT molecular complexity index is 721. The van der Waals surface area contributed by atoms with Gasteiger partial charge in [-0.3, -0.25) is 4.79 Å². The average Bonchev–Trinajstić information content (AvgIpc) is 3.08. The zero-order valence-electron chi connectivity index (χ0n) is 14.2. The number of hydrogen-bond donors (Lipinski definition) is 2. The van der Waals surface area contributed by atoms with Crippen LogP contribution >= 0.6 is 0 Å².